The van der Waals surface area contributed by atoms with Crippen LogP contribution in [0.5, 0.6) is 0 Å². The lowest BCUT2D eigenvalue weighted by molar-refractivity contribution is 0.000254. The predicted molar refractivity (Wildman–Crippen MR) is 115 cm³/mol. The Labute approximate surface area is 183 Å². The second kappa shape index (κ2) is 13.1. The molecule has 2 aromatic carbocycles. The molecule has 8 heteroatoms. The van der Waals surface area contributed by atoms with Crippen molar-refractivity contribution in [3.05, 3.63) is 71.3 Å². The fraction of sp³-hybridized carbons (Fsp3) is 0.429. The van der Waals surface area contributed by atoms with Crippen LogP contribution in [-0.4, -0.2) is 60.3 Å². The number of aliphatic hydroxyl groups is 1. The molecule has 0 bridgehead atoms. The number of hydrogen-bond donors (Lipinski definition) is 1. The maximum atomic E-state index is 13.5. The number of benzene rings is 2. The van der Waals surface area contributed by atoms with E-state index in [1.54, 1.807) is 18.2 Å². The zero-order chi connectivity index (χ0) is 19.1. The van der Waals surface area contributed by atoms with Crippen molar-refractivity contribution in [2.45, 2.75) is 19.3 Å². The summed E-state index contributed by atoms with van der Waals surface area (Å²) in [7, 11) is 0. The highest BCUT2D eigenvalue weighted by atomic mass is 35.5. The van der Waals surface area contributed by atoms with Crippen LogP contribution in [0.15, 0.2) is 48.5 Å². The average Bonchev–Trinajstić information content (AvgIpc) is 2.67. The molecule has 162 valence electrons. The topological polar surface area (TPSA) is 35.9 Å². The first-order valence-corrected chi connectivity index (χ1v) is 9.28. The zero-order valence-corrected chi connectivity index (χ0v) is 17.8. The van der Waals surface area contributed by atoms with Gasteiger partial charge in [0, 0.05) is 44.8 Å². The van der Waals surface area contributed by atoms with Gasteiger partial charge in [-0.05, 0) is 23.8 Å². The van der Waals surface area contributed by atoms with Gasteiger partial charge in [-0.1, -0.05) is 30.3 Å². The maximum Gasteiger partial charge on any atom is 0.128 e. The van der Waals surface area contributed by atoms with Gasteiger partial charge >= 0.3 is 0 Å². The second-order valence-electron chi connectivity index (χ2n) is 6.96. The number of piperazine rings is 1. The molecule has 0 aliphatic carbocycles. The van der Waals surface area contributed by atoms with E-state index in [0.29, 0.717) is 12.1 Å². The number of nitrogens with zero attached hydrogens (tertiary/aromatic N) is 2. The number of aliphatic hydroxyl groups excluding tert-OH is 1. The Balaban J connectivity index is 0.00000210. The van der Waals surface area contributed by atoms with E-state index in [0.717, 1.165) is 38.3 Å². The maximum absolute atomic E-state index is 13.5. The minimum Gasteiger partial charge on any atom is -0.389 e. The highest BCUT2D eigenvalue weighted by Crippen LogP contribution is 2.11. The summed E-state index contributed by atoms with van der Waals surface area (Å²) in [6, 6.07) is 13.1. The Bertz CT molecular complexity index is 714. The van der Waals surface area contributed by atoms with Gasteiger partial charge in [-0.25, -0.2) is 8.78 Å². The molecule has 29 heavy (non-hydrogen) atoms. The third kappa shape index (κ3) is 8.54. The summed E-state index contributed by atoms with van der Waals surface area (Å²) >= 11 is 0. The predicted octanol–water partition coefficient (Wildman–Crippen LogP) is 3.50. The van der Waals surface area contributed by atoms with Gasteiger partial charge in [-0.2, -0.15) is 0 Å². The highest BCUT2D eigenvalue weighted by Gasteiger charge is 2.19. The normalized spacial score (nSPS) is 16.0. The van der Waals surface area contributed by atoms with Crippen molar-refractivity contribution in [2.75, 3.05) is 39.3 Å². The summed E-state index contributed by atoms with van der Waals surface area (Å²) in [6.07, 6.45) is -0.597. The molecule has 1 N–H and O–H groups in total. The van der Waals surface area contributed by atoms with E-state index in [1.807, 2.05) is 12.1 Å². The van der Waals surface area contributed by atoms with Gasteiger partial charge in [0.15, 0.2) is 0 Å². The van der Waals surface area contributed by atoms with Crippen LogP contribution >= 0.6 is 24.8 Å². The van der Waals surface area contributed by atoms with Gasteiger partial charge in [0.1, 0.15) is 11.6 Å². The largest absolute Gasteiger partial charge is 0.389 e. The lowest BCUT2D eigenvalue weighted by Gasteiger charge is -2.35. The summed E-state index contributed by atoms with van der Waals surface area (Å²) in [6.45, 7) is 5.24. The first-order valence-electron chi connectivity index (χ1n) is 9.28. The Hall–Kier alpha value is -1.28. The Kier molecular flexibility index (Phi) is 11.6. The number of halogens is 4. The first kappa shape index (κ1) is 25.8. The van der Waals surface area contributed by atoms with Gasteiger partial charge < -0.3 is 9.84 Å². The molecule has 1 aliphatic rings. The Morgan fingerprint density at radius 3 is 2.17 bits per heavy atom. The van der Waals surface area contributed by atoms with E-state index in [9.17, 15) is 13.9 Å². The van der Waals surface area contributed by atoms with Crippen molar-refractivity contribution in [3.8, 4) is 0 Å². The number of ether oxygens (including phenoxy) is 1. The van der Waals surface area contributed by atoms with E-state index in [4.69, 9.17) is 4.74 Å². The quantitative estimate of drug-likeness (QED) is 0.670. The van der Waals surface area contributed by atoms with E-state index >= 15 is 0 Å². The van der Waals surface area contributed by atoms with Crippen LogP contribution in [-0.2, 0) is 17.9 Å². The molecule has 0 aromatic heterocycles. The molecular formula is C21H28Cl2F2N2O2. The van der Waals surface area contributed by atoms with Crippen LogP contribution in [0.2, 0.25) is 0 Å². The second-order valence-corrected chi connectivity index (χ2v) is 6.96. The van der Waals surface area contributed by atoms with Crippen molar-refractivity contribution in [1.82, 2.24) is 9.80 Å². The van der Waals surface area contributed by atoms with Crippen molar-refractivity contribution in [2.24, 2.45) is 0 Å². The van der Waals surface area contributed by atoms with Crippen LogP contribution in [0.25, 0.3) is 0 Å². The van der Waals surface area contributed by atoms with Crippen LogP contribution in [0, 0.1) is 11.6 Å². The minimum atomic E-state index is -0.597. The minimum absolute atomic E-state index is 0. The summed E-state index contributed by atoms with van der Waals surface area (Å²) in [5.41, 5.74) is 1.60. The first-order chi connectivity index (χ1) is 13.1. The Morgan fingerprint density at radius 1 is 0.897 bits per heavy atom. The van der Waals surface area contributed by atoms with Crippen LogP contribution in [0.4, 0.5) is 8.78 Å². The zero-order valence-electron chi connectivity index (χ0n) is 16.2. The summed E-state index contributed by atoms with van der Waals surface area (Å²) < 4.78 is 32.0. The molecule has 0 saturated carbocycles. The van der Waals surface area contributed by atoms with Gasteiger partial charge in [0.2, 0.25) is 0 Å². The molecule has 0 radical (unpaired) electrons. The summed E-state index contributed by atoms with van der Waals surface area (Å²) in [5, 5.41) is 10.2. The lowest BCUT2D eigenvalue weighted by Crippen LogP contribution is -2.48. The van der Waals surface area contributed by atoms with E-state index in [2.05, 4.69) is 9.80 Å². The fourth-order valence-electron chi connectivity index (χ4n) is 3.25. The van der Waals surface area contributed by atoms with Crippen molar-refractivity contribution in [1.29, 1.82) is 0 Å². The van der Waals surface area contributed by atoms with Gasteiger partial charge in [0.05, 0.1) is 19.3 Å². The van der Waals surface area contributed by atoms with E-state index in [-0.39, 0.29) is 49.7 Å². The van der Waals surface area contributed by atoms with E-state index < -0.39 is 6.10 Å². The van der Waals surface area contributed by atoms with Crippen molar-refractivity contribution in [3.63, 3.8) is 0 Å². The molecule has 4 nitrogen and oxygen atoms in total. The highest BCUT2D eigenvalue weighted by molar-refractivity contribution is 5.85. The van der Waals surface area contributed by atoms with Crippen molar-refractivity contribution >= 4 is 24.8 Å². The number of hydrogen-bond acceptors (Lipinski definition) is 4. The molecule has 1 aliphatic heterocycles. The number of β-amino-alcohol motifs (C(OH)–C–C–N with tert-alkyl or cyclic N) is 1. The molecule has 2 aromatic rings. The molecular weight excluding hydrogens is 421 g/mol. The van der Waals surface area contributed by atoms with Crippen LogP contribution < -0.4 is 0 Å². The molecule has 1 saturated heterocycles. The smallest absolute Gasteiger partial charge is 0.128 e. The Morgan fingerprint density at radius 2 is 1.52 bits per heavy atom. The third-order valence-electron chi connectivity index (χ3n) is 4.78. The molecule has 1 heterocycles. The van der Waals surface area contributed by atoms with Gasteiger partial charge in [0.25, 0.3) is 0 Å². The number of rotatable bonds is 8. The average molecular weight is 449 g/mol. The summed E-state index contributed by atoms with van der Waals surface area (Å²) in [5.74, 6) is -0.501. The third-order valence-corrected chi connectivity index (χ3v) is 4.78. The molecule has 0 spiro atoms. The molecule has 1 unspecified atom stereocenters. The van der Waals surface area contributed by atoms with Gasteiger partial charge in [-0.3, -0.25) is 9.80 Å². The SMILES string of the molecule is Cl.Cl.OC(COCc1ccccc1F)CN1CCN(Cc2ccc(F)cc2)CC1. The standard InChI is InChI=1S/C21H26F2N2O2.2ClH/c22-19-7-5-17(6-8-19)13-24-9-11-25(12-10-24)14-20(26)16-27-15-18-3-1-2-4-21(18)23;;/h1-8,20,26H,9-16H2;2*1H. The molecule has 1 atom stereocenters. The fourth-order valence-corrected chi connectivity index (χ4v) is 3.25. The monoisotopic (exact) mass is 448 g/mol. The lowest BCUT2D eigenvalue weighted by atomic mass is 10.2. The summed E-state index contributed by atoms with van der Waals surface area (Å²) in [4.78, 5) is 4.53. The van der Waals surface area contributed by atoms with E-state index in [1.165, 1.54) is 18.2 Å². The molecule has 3 rings (SSSR count). The van der Waals surface area contributed by atoms with Gasteiger partial charge in [-0.15, -0.1) is 24.8 Å². The van der Waals surface area contributed by atoms with Crippen LogP contribution in [0.1, 0.15) is 11.1 Å². The van der Waals surface area contributed by atoms with Crippen LogP contribution in [0.3, 0.4) is 0 Å². The molecule has 0 amide bonds. The molecule has 1 fully saturated rings. The van der Waals surface area contributed by atoms with Crippen molar-refractivity contribution < 1.29 is 18.6 Å².